The van der Waals surface area contributed by atoms with Crippen molar-refractivity contribution in [2.24, 2.45) is 0 Å². The molecule has 0 aliphatic rings. The summed E-state index contributed by atoms with van der Waals surface area (Å²) in [6, 6.07) is 18.5. The van der Waals surface area contributed by atoms with Crippen LogP contribution in [-0.4, -0.2) is 39.9 Å². The third kappa shape index (κ3) is 6.65. The lowest BCUT2D eigenvalue weighted by molar-refractivity contribution is -0.114. The minimum Gasteiger partial charge on any atom is -0.494 e. The number of halogens is 1. The van der Waals surface area contributed by atoms with Gasteiger partial charge in [0.25, 0.3) is 15.9 Å². The van der Waals surface area contributed by atoms with Gasteiger partial charge in [0.1, 0.15) is 12.3 Å². The largest absolute Gasteiger partial charge is 0.494 e. The normalized spacial score (nSPS) is 10.8. The van der Waals surface area contributed by atoms with Crippen LogP contribution in [0.25, 0.3) is 0 Å². The molecule has 0 saturated heterocycles. The fraction of sp³-hybridized carbons (Fsp3) is 0.154. The van der Waals surface area contributed by atoms with Gasteiger partial charge in [0.15, 0.2) is 0 Å². The smallest absolute Gasteiger partial charge is 0.264 e. The zero-order valence-electron chi connectivity index (χ0n) is 19.6. The van der Waals surface area contributed by atoms with Gasteiger partial charge < -0.3 is 15.4 Å². The number of ether oxygens (including phenoxy) is 1. The van der Waals surface area contributed by atoms with Crippen LogP contribution in [0.5, 0.6) is 5.75 Å². The van der Waals surface area contributed by atoms with Crippen molar-refractivity contribution < 1.29 is 22.7 Å². The summed E-state index contributed by atoms with van der Waals surface area (Å²) in [4.78, 5) is 25.5. The Hall–Kier alpha value is -3.82. The highest BCUT2D eigenvalue weighted by atomic mass is 35.5. The number of nitrogens with one attached hydrogen (secondary N) is 2. The third-order valence-electron chi connectivity index (χ3n) is 4.98. The van der Waals surface area contributed by atoms with Crippen molar-refractivity contribution in [3.63, 3.8) is 0 Å². The molecule has 188 valence electrons. The molecule has 3 aromatic rings. The lowest BCUT2D eigenvalue weighted by Gasteiger charge is -2.24. The van der Waals surface area contributed by atoms with E-state index in [2.05, 4.69) is 17.2 Å². The number of hydrogen-bond acceptors (Lipinski definition) is 5. The molecule has 0 aromatic heterocycles. The van der Waals surface area contributed by atoms with E-state index in [1.54, 1.807) is 48.5 Å². The lowest BCUT2D eigenvalue weighted by atomic mass is 10.1. The van der Waals surface area contributed by atoms with Crippen LogP contribution >= 0.6 is 11.6 Å². The maximum atomic E-state index is 13.5. The molecular formula is C26H26ClN3O5S. The van der Waals surface area contributed by atoms with Crippen LogP contribution in [0.4, 0.5) is 11.4 Å². The molecule has 0 saturated carbocycles. The van der Waals surface area contributed by atoms with Gasteiger partial charge in [-0.15, -0.1) is 6.58 Å². The van der Waals surface area contributed by atoms with Crippen LogP contribution in [0.3, 0.4) is 0 Å². The van der Waals surface area contributed by atoms with Gasteiger partial charge in [0.05, 0.1) is 28.4 Å². The van der Waals surface area contributed by atoms with Crippen molar-refractivity contribution in [3.05, 3.63) is 96.0 Å². The molecule has 0 spiro atoms. The van der Waals surface area contributed by atoms with Gasteiger partial charge in [-0.2, -0.15) is 0 Å². The Balaban J connectivity index is 1.92. The fourth-order valence-corrected chi connectivity index (χ4v) is 4.84. The van der Waals surface area contributed by atoms with E-state index in [1.807, 2.05) is 6.92 Å². The molecule has 3 aromatic carbocycles. The summed E-state index contributed by atoms with van der Waals surface area (Å²) in [5.41, 5.74) is 0.751. The maximum absolute atomic E-state index is 13.5. The standard InChI is InChI=1S/C26H26ClN3O5S/c1-3-17-28-26(32)23-7-5-6-8-24(23)29-25(31)18-30(20-11-13-21(14-12-20)35-4-2)36(33,34)22-15-9-19(27)10-16-22/h3,5-16H,1,4,17-18H2,2H3,(H,28,32)(H,29,31). The first-order valence-corrected chi connectivity index (χ1v) is 12.9. The minimum absolute atomic E-state index is 0.0298. The van der Waals surface area contributed by atoms with Crippen LogP contribution in [0.15, 0.2) is 90.3 Å². The van der Waals surface area contributed by atoms with Crippen LogP contribution in [0.1, 0.15) is 17.3 Å². The molecular weight excluding hydrogens is 502 g/mol. The molecule has 0 bridgehead atoms. The number of hydrogen-bond donors (Lipinski definition) is 2. The Morgan fingerprint density at radius 1 is 1.03 bits per heavy atom. The predicted octanol–water partition coefficient (Wildman–Crippen LogP) is 4.49. The number of benzene rings is 3. The monoisotopic (exact) mass is 527 g/mol. The molecule has 3 rings (SSSR count). The number of rotatable bonds is 11. The second-order valence-electron chi connectivity index (χ2n) is 7.48. The molecule has 0 aliphatic heterocycles. The van der Waals surface area contributed by atoms with Crippen molar-refractivity contribution in [2.75, 3.05) is 29.3 Å². The van der Waals surface area contributed by atoms with E-state index >= 15 is 0 Å². The first-order chi connectivity index (χ1) is 17.3. The number of carbonyl (C=O) groups excluding carboxylic acids is 2. The van der Waals surface area contributed by atoms with E-state index in [-0.39, 0.29) is 28.4 Å². The average Bonchev–Trinajstić information content (AvgIpc) is 2.87. The van der Waals surface area contributed by atoms with Gasteiger partial charge in [-0.1, -0.05) is 29.8 Å². The van der Waals surface area contributed by atoms with Crippen LogP contribution in [-0.2, 0) is 14.8 Å². The molecule has 2 N–H and O–H groups in total. The summed E-state index contributed by atoms with van der Waals surface area (Å²) in [6.45, 7) is 5.57. The highest BCUT2D eigenvalue weighted by molar-refractivity contribution is 7.92. The van der Waals surface area contributed by atoms with Gasteiger partial charge in [0, 0.05) is 11.6 Å². The molecule has 36 heavy (non-hydrogen) atoms. The molecule has 8 nitrogen and oxygen atoms in total. The van der Waals surface area contributed by atoms with Gasteiger partial charge in [-0.05, 0) is 67.6 Å². The SMILES string of the molecule is C=CCNC(=O)c1ccccc1NC(=O)CN(c1ccc(OCC)cc1)S(=O)(=O)c1ccc(Cl)cc1. The molecule has 0 fully saturated rings. The Morgan fingerprint density at radius 3 is 2.33 bits per heavy atom. The summed E-state index contributed by atoms with van der Waals surface area (Å²) < 4.78 is 33.5. The van der Waals surface area contributed by atoms with Crippen molar-refractivity contribution in [1.82, 2.24) is 5.32 Å². The van der Waals surface area contributed by atoms with Crippen molar-refractivity contribution in [3.8, 4) is 5.75 Å². The van der Waals surface area contributed by atoms with E-state index in [9.17, 15) is 18.0 Å². The summed E-state index contributed by atoms with van der Waals surface area (Å²) >= 11 is 5.93. The molecule has 0 unspecified atom stereocenters. The number of carbonyl (C=O) groups is 2. The van der Waals surface area contributed by atoms with Crippen molar-refractivity contribution in [1.29, 1.82) is 0 Å². The summed E-state index contributed by atoms with van der Waals surface area (Å²) in [5.74, 6) is -0.470. The Kier molecular flexibility index (Phi) is 9.10. The number of sulfonamides is 1. The van der Waals surface area contributed by atoms with E-state index in [0.717, 1.165) is 4.31 Å². The Labute approximate surface area is 215 Å². The molecule has 0 radical (unpaired) electrons. The van der Waals surface area contributed by atoms with E-state index in [4.69, 9.17) is 16.3 Å². The topological polar surface area (TPSA) is 105 Å². The third-order valence-corrected chi connectivity index (χ3v) is 7.02. The maximum Gasteiger partial charge on any atom is 0.264 e. The van der Waals surface area contributed by atoms with E-state index in [0.29, 0.717) is 17.4 Å². The molecule has 0 aliphatic carbocycles. The van der Waals surface area contributed by atoms with Gasteiger partial charge in [-0.25, -0.2) is 8.42 Å². The second-order valence-corrected chi connectivity index (χ2v) is 9.78. The van der Waals surface area contributed by atoms with Crippen LogP contribution < -0.4 is 19.7 Å². The number of nitrogens with zero attached hydrogens (tertiary/aromatic N) is 1. The fourth-order valence-electron chi connectivity index (χ4n) is 3.29. The Morgan fingerprint density at radius 2 is 1.69 bits per heavy atom. The van der Waals surface area contributed by atoms with E-state index < -0.39 is 28.4 Å². The molecule has 2 amide bonds. The molecule has 0 heterocycles. The summed E-state index contributed by atoms with van der Waals surface area (Å²) in [7, 11) is -4.14. The second kappa shape index (κ2) is 12.2. The van der Waals surface area contributed by atoms with E-state index in [1.165, 1.54) is 30.3 Å². The van der Waals surface area contributed by atoms with Crippen LogP contribution in [0, 0.1) is 0 Å². The Bertz CT molecular complexity index is 1330. The number of para-hydroxylation sites is 1. The predicted molar refractivity (Wildman–Crippen MR) is 141 cm³/mol. The van der Waals surface area contributed by atoms with Crippen molar-refractivity contribution in [2.45, 2.75) is 11.8 Å². The van der Waals surface area contributed by atoms with Crippen LogP contribution in [0.2, 0.25) is 5.02 Å². The zero-order valence-corrected chi connectivity index (χ0v) is 21.2. The highest BCUT2D eigenvalue weighted by Crippen LogP contribution is 2.27. The lowest BCUT2D eigenvalue weighted by Crippen LogP contribution is -2.38. The van der Waals surface area contributed by atoms with Gasteiger partial charge >= 0.3 is 0 Å². The molecule has 10 heteroatoms. The summed E-state index contributed by atoms with van der Waals surface area (Å²) in [6.07, 6.45) is 1.54. The zero-order chi connectivity index (χ0) is 26.1. The molecule has 0 atom stereocenters. The average molecular weight is 528 g/mol. The quantitative estimate of drug-likeness (QED) is 0.357. The number of amides is 2. The van der Waals surface area contributed by atoms with Crippen molar-refractivity contribution >= 4 is 44.8 Å². The van der Waals surface area contributed by atoms with Gasteiger partial charge in [0.2, 0.25) is 5.91 Å². The first-order valence-electron chi connectivity index (χ1n) is 11.1. The first kappa shape index (κ1) is 26.8. The highest BCUT2D eigenvalue weighted by Gasteiger charge is 2.28. The number of anilines is 2. The summed E-state index contributed by atoms with van der Waals surface area (Å²) in [5, 5.41) is 5.69. The van der Waals surface area contributed by atoms with Gasteiger partial charge in [-0.3, -0.25) is 13.9 Å². The minimum atomic E-state index is -4.14.